The molecule has 0 bridgehead atoms. The average Bonchev–Trinajstić information content (AvgIpc) is 3.31. The van der Waals surface area contributed by atoms with Crippen LogP contribution in [0.3, 0.4) is 0 Å². The van der Waals surface area contributed by atoms with E-state index in [0.717, 1.165) is 11.0 Å². The second-order valence-corrected chi connectivity index (χ2v) is 7.40. The highest BCUT2D eigenvalue weighted by Crippen LogP contribution is 2.39. The van der Waals surface area contributed by atoms with E-state index in [1.54, 1.807) is 20.3 Å². The molecule has 0 spiro atoms. The minimum Gasteiger partial charge on any atom is -0.497 e. The van der Waals surface area contributed by atoms with Gasteiger partial charge in [-0.1, -0.05) is 12.1 Å². The molecule has 3 aromatic rings. The summed E-state index contributed by atoms with van der Waals surface area (Å²) in [5.74, 6) is 1.87. The first-order valence-electron chi connectivity index (χ1n) is 10.2. The Labute approximate surface area is 180 Å². The van der Waals surface area contributed by atoms with Gasteiger partial charge in [-0.3, -0.25) is 4.79 Å². The number of carbonyl (C=O) groups is 1. The molecule has 0 aliphatic carbocycles. The van der Waals surface area contributed by atoms with E-state index in [2.05, 4.69) is 9.97 Å². The molecule has 1 aliphatic heterocycles. The molecule has 31 heavy (non-hydrogen) atoms. The molecule has 1 atom stereocenters. The topological polar surface area (TPSA) is 114 Å². The van der Waals surface area contributed by atoms with Gasteiger partial charge >= 0.3 is 0 Å². The molecule has 1 aromatic heterocycles. The van der Waals surface area contributed by atoms with Crippen molar-refractivity contribution in [2.45, 2.75) is 25.3 Å². The van der Waals surface area contributed by atoms with Gasteiger partial charge in [0.25, 0.3) is 0 Å². The number of aromatic nitrogens is 2. The highest BCUT2D eigenvalue weighted by Gasteiger charge is 2.41. The third-order valence-corrected chi connectivity index (χ3v) is 5.50. The van der Waals surface area contributed by atoms with Crippen LogP contribution in [0.2, 0.25) is 0 Å². The monoisotopic (exact) mass is 422 g/mol. The zero-order valence-corrected chi connectivity index (χ0v) is 17.6. The highest BCUT2D eigenvalue weighted by atomic mass is 16.5. The van der Waals surface area contributed by atoms with E-state index in [1.807, 2.05) is 41.3 Å². The van der Waals surface area contributed by atoms with Crippen LogP contribution in [0.5, 0.6) is 11.5 Å². The summed E-state index contributed by atoms with van der Waals surface area (Å²) in [7, 11) is 3.15. The maximum atomic E-state index is 13.5. The number of hydrogen-bond acceptors (Lipinski definition) is 7. The Morgan fingerprint density at radius 1 is 1.13 bits per heavy atom. The Hall–Kier alpha value is -3.52. The Bertz CT molecular complexity index is 1080. The van der Waals surface area contributed by atoms with E-state index in [0.29, 0.717) is 53.7 Å². The van der Waals surface area contributed by atoms with Gasteiger partial charge in [0.05, 0.1) is 37.0 Å². The molecule has 2 aromatic carbocycles. The number of anilines is 1. The number of carbonyl (C=O) groups excluding carboxylic acids is 1. The summed E-state index contributed by atoms with van der Waals surface area (Å²) in [6.07, 6.45) is 1.84. The summed E-state index contributed by atoms with van der Waals surface area (Å²) in [6.45, 7) is 0.0766. The van der Waals surface area contributed by atoms with E-state index in [9.17, 15) is 9.90 Å². The second kappa shape index (κ2) is 8.69. The average molecular weight is 422 g/mol. The van der Waals surface area contributed by atoms with Gasteiger partial charge in [-0.2, -0.15) is 0 Å². The van der Waals surface area contributed by atoms with Crippen LogP contribution >= 0.6 is 0 Å². The second-order valence-electron chi connectivity index (χ2n) is 7.40. The first-order valence-corrected chi connectivity index (χ1v) is 10.2. The fourth-order valence-corrected chi connectivity index (χ4v) is 3.97. The van der Waals surface area contributed by atoms with Crippen molar-refractivity contribution in [2.24, 2.45) is 5.73 Å². The molecule has 0 saturated heterocycles. The number of para-hydroxylation sites is 2. The number of ketones is 1. The minimum absolute atomic E-state index is 0.0766. The first kappa shape index (κ1) is 20.7. The van der Waals surface area contributed by atoms with Crippen molar-refractivity contribution in [1.82, 2.24) is 9.97 Å². The molecule has 8 nitrogen and oxygen atoms in total. The number of benzene rings is 2. The van der Waals surface area contributed by atoms with Gasteiger partial charge in [-0.15, -0.1) is 0 Å². The number of hydrogen-bond donors (Lipinski definition) is 3. The van der Waals surface area contributed by atoms with Crippen LogP contribution in [0.4, 0.5) is 5.69 Å². The number of rotatable bonds is 8. The number of fused-ring (bicyclic) bond motifs is 1. The van der Waals surface area contributed by atoms with Gasteiger partial charge in [0.2, 0.25) is 0 Å². The molecule has 2 heterocycles. The van der Waals surface area contributed by atoms with Crippen LogP contribution in [-0.4, -0.2) is 47.7 Å². The Morgan fingerprint density at radius 2 is 1.84 bits per heavy atom. The Balaban J connectivity index is 1.82. The number of nitrogens with zero attached hydrogens (tertiary/aromatic N) is 2. The third-order valence-electron chi connectivity index (χ3n) is 5.50. The largest absolute Gasteiger partial charge is 0.497 e. The van der Waals surface area contributed by atoms with E-state index in [1.165, 1.54) is 0 Å². The van der Waals surface area contributed by atoms with Crippen LogP contribution in [0.1, 0.15) is 25.1 Å². The lowest BCUT2D eigenvalue weighted by Crippen LogP contribution is -2.36. The predicted molar refractivity (Wildman–Crippen MR) is 119 cm³/mol. The summed E-state index contributed by atoms with van der Waals surface area (Å²) in [6, 6.07) is 12.5. The smallest absolute Gasteiger partial charge is 0.193 e. The van der Waals surface area contributed by atoms with Gasteiger partial charge in [0.15, 0.2) is 5.78 Å². The van der Waals surface area contributed by atoms with Crippen molar-refractivity contribution in [2.75, 3.05) is 25.7 Å². The minimum atomic E-state index is -0.508. The molecule has 0 amide bonds. The number of nitrogens with one attached hydrogen (secondary N) is 1. The summed E-state index contributed by atoms with van der Waals surface area (Å²) >= 11 is 0. The number of imidazole rings is 1. The van der Waals surface area contributed by atoms with Crippen molar-refractivity contribution in [3.63, 3.8) is 0 Å². The maximum absolute atomic E-state index is 13.5. The SMILES string of the molecule is COc1cc(OC)cc(N2C(N)=C(c3nc4ccccc4[nH]3)C(=O)C2CCCCO)c1. The molecule has 0 radical (unpaired) electrons. The van der Waals surface area contributed by atoms with Crippen molar-refractivity contribution < 1.29 is 19.4 Å². The number of unbranched alkanes of at least 4 members (excludes halogenated alkanes) is 1. The van der Waals surface area contributed by atoms with E-state index in [-0.39, 0.29) is 12.4 Å². The predicted octanol–water partition coefficient (Wildman–Crippen LogP) is 2.83. The number of aliphatic hydroxyl groups excluding tert-OH is 1. The molecular formula is C23H26N4O4. The fourth-order valence-electron chi connectivity index (χ4n) is 3.97. The standard InChI is InChI=1S/C23H26N4O4/c1-30-15-11-14(12-16(13-15)31-2)27-19(9-5-6-10-28)21(29)20(22(27)24)23-25-17-7-3-4-8-18(17)26-23/h3-4,7-8,11-13,19,28H,5-6,9-10,24H2,1-2H3,(H,25,26). The van der Waals surface area contributed by atoms with Crippen molar-refractivity contribution >= 4 is 28.1 Å². The maximum Gasteiger partial charge on any atom is 0.193 e. The summed E-state index contributed by atoms with van der Waals surface area (Å²) in [4.78, 5) is 23.1. The number of methoxy groups -OCH3 is 2. The van der Waals surface area contributed by atoms with Crippen LogP contribution in [0, 0.1) is 0 Å². The molecule has 0 saturated carbocycles. The lowest BCUT2D eigenvalue weighted by molar-refractivity contribution is -0.114. The van der Waals surface area contributed by atoms with Gasteiger partial charge in [-0.05, 0) is 31.4 Å². The van der Waals surface area contributed by atoms with Crippen LogP contribution in [-0.2, 0) is 4.79 Å². The Kier molecular flexibility index (Phi) is 5.81. The lowest BCUT2D eigenvalue weighted by Gasteiger charge is -2.27. The van der Waals surface area contributed by atoms with Crippen molar-refractivity contribution in [3.8, 4) is 11.5 Å². The van der Waals surface area contributed by atoms with Gasteiger partial charge in [0, 0.05) is 24.8 Å². The fraction of sp³-hybridized carbons (Fsp3) is 0.304. The normalized spacial score (nSPS) is 16.4. The lowest BCUT2D eigenvalue weighted by atomic mass is 10.0. The summed E-state index contributed by atoms with van der Waals surface area (Å²) < 4.78 is 10.8. The molecule has 4 N–H and O–H groups in total. The van der Waals surface area contributed by atoms with Crippen molar-refractivity contribution in [3.05, 3.63) is 54.1 Å². The number of aromatic amines is 1. The number of aliphatic hydroxyl groups is 1. The Morgan fingerprint density at radius 3 is 2.48 bits per heavy atom. The highest BCUT2D eigenvalue weighted by molar-refractivity contribution is 6.27. The molecule has 0 fully saturated rings. The molecule has 8 heteroatoms. The third kappa shape index (κ3) is 3.82. The number of H-pyrrole nitrogens is 1. The first-order chi connectivity index (χ1) is 15.1. The summed E-state index contributed by atoms with van der Waals surface area (Å²) in [5.41, 5.74) is 9.24. The molecule has 4 rings (SSSR count). The van der Waals surface area contributed by atoms with E-state index < -0.39 is 6.04 Å². The van der Waals surface area contributed by atoms with Crippen LogP contribution in [0.25, 0.3) is 16.6 Å². The quantitative estimate of drug-likeness (QED) is 0.478. The molecule has 1 aliphatic rings. The zero-order valence-electron chi connectivity index (χ0n) is 17.6. The number of Topliss-reactive ketones (excluding diaryl/α,β-unsaturated/α-hetero) is 1. The van der Waals surface area contributed by atoms with Gasteiger partial charge in [-0.25, -0.2) is 4.98 Å². The molecule has 1 unspecified atom stereocenters. The molecular weight excluding hydrogens is 396 g/mol. The number of ether oxygens (including phenoxy) is 2. The van der Waals surface area contributed by atoms with E-state index >= 15 is 0 Å². The zero-order chi connectivity index (χ0) is 22.0. The van der Waals surface area contributed by atoms with E-state index in [4.69, 9.17) is 15.2 Å². The van der Waals surface area contributed by atoms with Gasteiger partial charge < -0.3 is 30.2 Å². The van der Waals surface area contributed by atoms with Gasteiger partial charge in [0.1, 0.15) is 28.7 Å². The van der Waals surface area contributed by atoms with Crippen LogP contribution in [0.15, 0.2) is 48.3 Å². The summed E-state index contributed by atoms with van der Waals surface area (Å²) in [5, 5.41) is 9.21. The van der Waals surface area contributed by atoms with Crippen LogP contribution < -0.4 is 20.1 Å². The van der Waals surface area contributed by atoms with Crippen molar-refractivity contribution in [1.29, 1.82) is 0 Å². The molecule has 162 valence electrons. The number of nitrogens with two attached hydrogens (primary N) is 1.